The molecule has 0 amide bonds. The third-order valence-electron chi connectivity index (χ3n) is 3.10. The van der Waals surface area contributed by atoms with Gasteiger partial charge in [0.1, 0.15) is 6.17 Å². The van der Waals surface area contributed by atoms with Crippen LogP contribution in [0.3, 0.4) is 0 Å². The quantitative estimate of drug-likeness (QED) is 0.608. The lowest BCUT2D eigenvalue weighted by Crippen LogP contribution is -2.57. The predicted octanol–water partition coefficient (Wildman–Crippen LogP) is 0.407. The van der Waals surface area contributed by atoms with Gasteiger partial charge in [-0.1, -0.05) is 0 Å². The summed E-state index contributed by atoms with van der Waals surface area (Å²) in [4.78, 5) is 0. The van der Waals surface area contributed by atoms with Gasteiger partial charge in [0.05, 0.1) is 12.8 Å². The summed E-state index contributed by atoms with van der Waals surface area (Å²) >= 11 is 0. The lowest BCUT2D eigenvalue weighted by Gasteiger charge is -2.37. The molecule has 0 bridgehead atoms. The second-order valence-electron chi connectivity index (χ2n) is 3.80. The van der Waals surface area contributed by atoms with E-state index in [0.717, 1.165) is 12.8 Å². The van der Waals surface area contributed by atoms with Gasteiger partial charge in [0.15, 0.2) is 0 Å². The number of rotatable bonds is 1. The molecule has 2 fully saturated rings. The molecule has 1 aliphatic carbocycles. The van der Waals surface area contributed by atoms with Crippen molar-refractivity contribution in [2.45, 2.75) is 30.7 Å². The molecule has 1 saturated carbocycles. The monoisotopic (exact) mass is 177 g/mol. The number of piperidine rings is 1. The minimum Gasteiger partial charge on any atom is -0.390 e. The van der Waals surface area contributed by atoms with Gasteiger partial charge in [0.2, 0.25) is 0 Å². The Kier molecular flexibility index (Phi) is 1.84. The molecule has 2 nitrogen and oxygen atoms in total. The zero-order chi connectivity index (χ0) is 8.77. The molecule has 4 heteroatoms. The van der Waals surface area contributed by atoms with Crippen molar-refractivity contribution in [1.82, 2.24) is 5.32 Å². The van der Waals surface area contributed by atoms with Gasteiger partial charge >= 0.3 is 0 Å². The van der Waals surface area contributed by atoms with Crippen LogP contribution in [0.5, 0.6) is 0 Å². The third kappa shape index (κ3) is 1.05. The Morgan fingerprint density at radius 3 is 2.67 bits per heavy atom. The minimum atomic E-state index is -1.31. The molecular weight excluding hydrogens is 164 g/mol. The fraction of sp³-hybridized carbons (Fsp3) is 1.00. The first-order valence-corrected chi connectivity index (χ1v) is 4.33. The molecule has 2 rings (SSSR count). The fourth-order valence-electron chi connectivity index (χ4n) is 2.05. The number of aliphatic hydroxyl groups is 1. The van der Waals surface area contributed by atoms with E-state index in [9.17, 15) is 13.9 Å². The molecular formula is C8H13F2NO. The topological polar surface area (TPSA) is 32.3 Å². The van der Waals surface area contributed by atoms with Crippen LogP contribution in [0.1, 0.15) is 12.8 Å². The first kappa shape index (κ1) is 8.38. The van der Waals surface area contributed by atoms with Crippen molar-refractivity contribution in [3.05, 3.63) is 0 Å². The SMILES string of the molecule is OC1C(F)CNC2(CC2)C1CF. The molecule has 1 heterocycles. The van der Waals surface area contributed by atoms with E-state index in [4.69, 9.17) is 0 Å². The van der Waals surface area contributed by atoms with Crippen molar-refractivity contribution < 1.29 is 13.9 Å². The van der Waals surface area contributed by atoms with E-state index in [-0.39, 0.29) is 12.1 Å². The van der Waals surface area contributed by atoms with E-state index < -0.39 is 24.9 Å². The summed E-state index contributed by atoms with van der Waals surface area (Å²) in [5.41, 5.74) is -0.267. The summed E-state index contributed by atoms with van der Waals surface area (Å²) in [6, 6.07) is 0. The van der Waals surface area contributed by atoms with Gasteiger partial charge in [-0.05, 0) is 12.8 Å². The number of hydrogen-bond acceptors (Lipinski definition) is 2. The van der Waals surface area contributed by atoms with Crippen LogP contribution >= 0.6 is 0 Å². The van der Waals surface area contributed by atoms with Gasteiger partial charge in [-0.15, -0.1) is 0 Å². The van der Waals surface area contributed by atoms with Crippen molar-refractivity contribution in [2.24, 2.45) is 5.92 Å². The van der Waals surface area contributed by atoms with Crippen LogP contribution in [-0.4, -0.2) is 36.1 Å². The van der Waals surface area contributed by atoms with Crippen molar-refractivity contribution in [1.29, 1.82) is 0 Å². The van der Waals surface area contributed by atoms with Crippen molar-refractivity contribution in [3.63, 3.8) is 0 Å². The van der Waals surface area contributed by atoms with Crippen molar-refractivity contribution >= 4 is 0 Å². The molecule has 2 N–H and O–H groups in total. The summed E-state index contributed by atoms with van der Waals surface area (Å²) < 4.78 is 25.4. The van der Waals surface area contributed by atoms with Crippen LogP contribution in [0.15, 0.2) is 0 Å². The Hall–Kier alpha value is -0.220. The highest BCUT2D eigenvalue weighted by atomic mass is 19.1. The van der Waals surface area contributed by atoms with Crippen LogP contribution in [0, 0.1) is 5.92 Å². The maximum absolute atomic E-state index is 12.9. The summed E-state index contributed by atoms with van der Waals surface area (Å²) in [5, 5.41) is 12.3. The number of alkyl halides is 2. The first-order valence-electron chi connectivity index (χ1n) is 4.33. The largest absolute Gasteiger partial charge is 0.390 e. The zero-order valence-electron chi connectivity index (χ0n) is 6.76. The number of aliphatic hydroxyl groups excluding tert-OH is 1. The first-order chi connectivity index (χ1) is 5.69. The lowest BCUT2D eigenvalue weighted by molar-refractivity contribution is -0.0280. The van der Waals surface area contributed by atoms with Gasteiger partial charge in [-0.25, -0.2) is 4.39 Å². The van der Waals surface area contributed by atoms with Crippen LogP contribution in [0.4, 0.5) is 8.78 Å². The van der Waals surface area contributed by atoms with Crippen LogP contribution < -0.4 is 5.32 Å². The Morgan fingerprint density at radius 1 is 1.50 bits per heavy atom. The summed E-state index contributed by atoms with van der Waals surface area (Å²) in [6.45, 7) is -0.466. The van der Waals surface area contributed by atoms with Crippen molar-refractivity contribution in [2.75, 3.05) is 13.2 Å². The Bertz CT molecular complexity index is 184. The molecule has 0 aromatic rings. The Balaban J connectivity index is 2.11. The van der Waals surface area contributed by atoms with E-state index in [2.05, 4.69) is 5.32 Å². The van der Waals surface area contributed by atoms with Gasteiger partial charge in [0.25, 0.3) is 0 Å². The van der Waals surface area contributed by atoms with Crippen molar-refractivity contribution in [3.8, 4) is 0 Å². The van der Waals surface area contributed by atoms with E-state index in [1.807, 2.05) is 0 Å². The lowest BCUT2D eigenvalue weighted by atomic mass is 9.86. The van der Waals surface area contributed by atoms with Gasteiger partial charge in [-0.3, -0.25) is 4.39 Å². The molecule has 0 aromatic heterocycles. The fourth-order valence-corrected chi connectivity index (χ4v) is 2.05. The van der Waals surface area contributed by atoms with E-state index >= 15 is 0 Å². The maximum atomic E-state index is 12.9. The highest BCUT2D eigenvalue weighted by Crippen LogP contribution is 2.46. The predicted molar refractivity (Wildman–Crippen MR) is 40.3 cm³/mol. The average Bonchev–Trinajstić information content (AvgIpc) is 2.81. The van der Waals surface area contributed by atoms with Crippen LogP contribution in [0.2, 0.25) is 0 Å². The molecule has 0 aromatic carbocycles. The van der Waals surface area contributed by atoms with Crippen LogP contribution in [0.25, 0.3) is 0 Å². The van der Waals surface area contributed by atoms with Crippen LogP contribution in [-0.2, 0) is 0 Å². The van der Waals surface area contributed by atoms with E-state index in [0.29, 0.717) is 0 Å². The molecule has 1 aliphatic heterocycles. The molecule has 1 saturated heterocycles. The minimum absolute atomic E-state index is 0.164. The molecule has 1 spiro atoms. The number of halogens is 2. The molecule has 0 radical (unpaired) electrons. The zero-order valence-corrected chi connectivity index (χ0v) is 6.76. The summed E-state index contributed by atoms with van der Waals surface area (Å²) in [6.07, 6.45) is -0.688. The average molecular weight is 177 g/mol. The summed E-state index contributed by atoms with van der Waals surface area (Å²) in [5.74, 6) is -0.541. The highest BCUT2D eigenvalue weighted by molar-refractivity contribution is 5.12. The smallest absolute Gasteiger partial charge is 0.139 e. The molecule has 3 atom stereocenters. The van der Waals surface area contributed by atoms with Gasteiger partial charge in [-0.2, -0.15) is 0 Å². The van der Waals surface area contributed by atoms with E-state index in [1.54, 1.807) is 0 Å². The Morgan fingerprint density at radius 2 is 2.17 bits per heavy atom. The number of nitrogens with one attached hydrogen (secondary N) is 1. The molecule has 70 valence electrons. The van der Waals surface area contributed by atoms with Gasteiger partial charge < -0.3 is 10.4 Å². The summed E-state index contributed by atoms with van der Waals surface area (Å²) in [7, 11) is 0. The second-order valence-corrected chi connectivity index (χ2v) is 3.80. The van der Waals surface area contributed by atoms with E-state index in [1.165, 1.54) is 0 Å². The highest BCUT2D eigenvalue weighted by Gasteiger charge is 2.56. The van der Waals surface area contributed by atoms with Gasteiger partial charge in [0, 0.05) is 18.0 Å². The standard InChI is InChI=1S/C8H13F2NO/c9-3-5-7(12)6(10)4-11-8(5)1-2-8/h5-7,11-12H,1-4H2. The molecule has 12 heavy (non-hydrogen) atoms. The Labute approximate surface area is 70.0 Å². The molecule has 3 unspecified atom stereocenters. The third-order valence-corrected chi connectivity index (χ3v) is 3.10. The number of hydrogen-bond donors (Lipinski definition) is 2. The molecule has 2 aliphatic rings. The maximum Gasteiger partial charge on any atom is 0.139 e. The normalized spacial score (nSPS) is 44.8. The second kappa shape index (κ2) is 2.64.